The highest BCUT2D eigenvalue weighted by Crippen LogP contribution is 2.30. The van der Waals surface area contributed by atoms with E-state index >= 15 is 0 Å². The summed E-state index contributed by atoms with van der Waals surface area (Å²) >= 11 is 2.01. The number of hydrogen-bond donors (Lipinski definition) is 1. The SMILES string of the molecule is COc1cccc(C2NCC(=O)N2CC2CCCCS2)c1. The van der Waals surface area contributed by atoms with Crippen molar-refractivity contribution < 1.29 is 9.53 Å². The van der Waals surface area contributed by atoms with Gasteiger partial charge in [0.2, 0.25) is 5.91 Å². The van der Waals surface area contributed by atoms with E-state index in [1.807, 2.05) is 34.9 Å². The number of benzene rings is 1. The summed E-state index contributed by atoms with van der Waals surface area (Å²) in [5.74, 6) is 2.26. The maximum Gasteiger partial charge on any atom is 0.238 e. The molecule has 0 radical (unpaired) electrons. The average Bonchev–Trinajstić information content (AvgIpc) is 2.89. The van der Waals surface area contributed by atoms with Crippen molar-refractivity contribution in [3.8, 4) is 5.75 Å². The van der Waals surface area contributed by atoms with Crippen LogP contribution in [-0.2, 0) is 4.79 Å². The van der Waals surface area contributed by atoms with Crippen LogP contribution >= 0.6 is 11.8 Å². The first-order valence-electron chi connectivity index (χ1n) is 7.56. The molecule has 2 unspecified atom stereocenters. The third-order valence-corrected chi connectivity index (χ3v) is 5.54. The Morgan fingerprint density at radius 2 is 2.33 bits per heavy atom. The van der Waals surface area contributed by atoms with Crippen LogP contribution in [-0.4, -0.2) is 42.0 Å². The molecule has 1 amide bonds. The topological polar surface area (TPSA) is 41.6 Å². The fourth-order valence-corrected chi connectivity index (χ4v) is 4.33. The molecule has 2 heterocycles. The van der Waals surface area contributed by atoms with Crippen LogP contribution in [0.5, 0.6) is 5.75 Å². The third kappa shape index (κ3) is 3.35. The Labute approximate surface area is 130 Å². The number of ether oxygens (including phenoxy) is 1. The Morgan fingerprint density at radius 3 is 3.10 bits per heavy atom. The fourth-order valence-electron chi connectivity index (χ4n) is 3.03. The molecular weight excluding hydrogens is 284 g/mol. The highest BCUT2D eigenvalue weighted by atomic mass is 32.2. The number of carbonyl (C=O) groups is 1. The van der Waals surface area contributed by atoms with Crippen LogP contribution in [0.3, 0.4) is 0 Å². The predicted octanol–water partition coefficient (Wildman–Crippen LogP) is 2.41. The molecular formula is C16H22N2O2S. The minimum Gasteiger partial charge on any atom is -0.497 e. The zero-order valence-corrected chi connectivity index (χ0v) is 13.2. The van der Waals surface area contributed by atoms with Crippen LogP contribution < -0.4 is 10.1 Å². The first-order chi connectivity index (χ1) is 10.3. The van der Waals surface area contributed by atoms with E-state index in [1.165, 1.54) is 25.0 Å². The molecule has 1 aromatic carbocycles. The lowest BCUT2D eigenvalue weighted by molar-refractivity contribution is -0.128. The monoisotopic (exact) mass is 306 g/mol. The van der Waals surface area contributed by atoms with Crippen molar-refractivity contribution in [1.82, 2.24) is 10.2 Å². The predicted molar refractivity (Wildman–Crippen MR) is 85.5 cm³/mol. The molecule has 2 aliphatic rings. The van der Waals surface area contributed by atoms with E-state index in [0.29, 0.717) is 11.8 Å². The van der Waals surface area contributed by atoms with Crippen molar-refractivity contribution in [2.75, 3.05) is 26.0 Å². The van der Waals surface area contributed by atoms with Gasteiger partial charge in [-0.25, -0.2) is 0 Å². The molecule has 3 rings (SSSR count). The Morgan fingerprint density at radius 1 is 1.43 bits per heavy atom. The summed E-state index contributed by atoms with van der Waals surface area (Å²) in [5, 5.41) is 3.90. The molecule has 1 aromatic rings. The van der Waals surface area contributed by atoms with Crippen molar-refractivity contribution in [2.24, 2.45) is 0 Å². The summed E-state index contributed by atoms with van der Waals surface area (Å²) in [5.41, 5.74) is 1.10. The standard InChI is InChI=1S/C16H22N2O2S/c1-20-13-6-4-5-12(9-13)16-17-10-15(19)18(16)11-14-7-2-3-8-21-14/h4-6,9,14,16-17H,2-3,7-8,10-11H2,1H3. The van der Waals surface area contributed by atoms with Gasteiger partial charge in [-0.2, -0.15) is 11.8 Å². The van der Waals surface area contributed by atoms with Gasteiger partial charge in [0.15, 0.2) is 0 Å². The Balaban J connectivity index is 1.74. The number of methoxy groups -OCH3 is 1. The molecule has 0 bridgehead atoms. The summed E-state index contributed by atoms with van der Waals surface area (Å²) in [6, 6.07) is 7.98. The van der Waals surface area contributed by atoms with Gasteiger partial charge in [0, 0.05) is 11.8 Å². The summed E-state index contributed by atoms with van der Waals surface area (Å²) in [6.07, 6.45) is 3.80. The maximum atomic E-state index is 12.2. The quantitative estimate of drug-likeness (QED) is 0.927. The van der Waals surface area contributed by atoms with E-state index in [2.05, 4.69) is 11.4 Å². The zero-order chi connectivity index (χ0) is 14.7. The molecule has 2 aliphatic heterocycles. The first-order valence-corrected chi connectivity index (χ1v) is 8.61. The largest absolute Gasteiger partial charge is 0.497 e. The Kier molecular flexibility index (Phi) is 4.70. The highest BCUT2D eigenvalue weighted by Gasteiger charge is 2.33. The molecule has 2 saturated heterocycles. The second-order valence-electron chi connectivity index (χ2n) is 5.59. The third-order valence-electron chi connectivity index (χ3n) is 4.16. The molecule has 0 saturated carbocycles. The number of nitrogens with zero attached hydrogens (tertiary/aromatic N) is 1. The van der Waals surface area contributed by atoms with Gasteiger partial charge in [0.25, 0.3) is 0 Å². The van der Waals surface area contributed by atoms with Crippen LogP contribution in [0.15, 0.2) is 24.3 Å². The second-order valence-corrected chi connectivity index (χ2v) is 7.00. The molecule has 2 atom stereocenters. The maximum absolute atomic E-state index is 12.2. The van der Waals surface area contributed by atoms with Crippen molar-refractivity contribution in [3.05, 3.63) is 29.8 Å². The van der Waals surface area contributed by atoms with E-state index in [9.17, 15) is 4.79 Å². The summed E-state index contributed by atoms with van der Waals surface area (Å²) in [6.45, 7) is 1.28. The molecule has 4 nitrogen and oxygen atoms in total. The van der Waals surface area contributed by atoms with Gasteiger partial charge in [-0.3, -0.25) is 10.1 Å². The lowest BCUT2D eigenvalue weighted by atomic mass is 10.1. The molecule has 0 aromatic heterocycles. The number of rotatable bonds is 4. The number of hydrogen-bond acceptors (Lipinski definition) is 4. The molecule has 114 valence electrons. The normalized spacial score (nSPS) is 26.1. The van der Waals surface area contributed by atoms with Crippen molar-refractivity contribution in [1.29, 1.82) is 0 Å². The second kappa shape index (κ2) is 6.71. The van der Waals surface area contributed by atoms with Gasteiger partial charge < -0.3 is 9.64 Å². The summed E-state index contributed by atoms with van der Waals surface area (Å²) in [7, 11) is 1.67. The van der Waals surface area contributed by atoms with E-state index in [4.69, 9.17) is 4.74 Å². The summed E-state index contributed by atoms with van der Waals surface area (Å²) < 4.78 is 5.29. The average molecular weight is 306 g/mol. The van der Waals surface area contributed by atoms with Crippen LogP contribution in [0.2, 0.25) is 0 Å². The van der Waals surface area contributed by atoms with Gasteiger partial charge >= 0.3 is 0 Å². The van der Waals surface area contributed by atoms with Crippen LogP contribution in [0.4, 0.5) is 0 Å². The Bertz CT molecular complexity index is 503. The van der Waals surface area contributed by atoms with Gasteiger partial charge in [0.05, 0.1) is 13.7 Å². The molecule has 1 N–H and O–H groups in total. The van der Waals surface area contributed by atoms with Crippen LogP contribution in [0.25, 0.3) is 0 Å². The lowest BCUT2D eigenvalue weighted by Gasteiger charge is -2.30. The fraction of sp³-hybridized carbons (Fsp3) is 0.562. The molecule has 21 heavy (non-hydrogen) atoms. The van der Waals surface area contributed by atoms with Crippen LogP contribution in [0.1, 0.15) is 31.0 Å². The van der Waals surface area contributed by atoms with Gasteiger partial charge in [0.1, 0.15) is 11.9 Å². The van der Waals surface area contributed by atoms with Crippen molar-refractivity contribution in [2.45, 2.75) is 30.7 Å². The van der Waals surface area contributed by atoms with E-state index < -0.39 is 0 Å². The van der Waals surface area contributed by atoms with Crippen molar-refractivity contribution >= 4 is 17.7 Å². The van der Waals surface area contributed by atoms with Crippen LogP contribution in [0, 0.1) is 0 Å². The van der Waals surface area contributed by atoms with Crippen molar-refractivity contribution in [3.63, 3.8) is 0 Å². The van der Waals surface area contributed by atoms with E-state index in [-0.39, 0.29) is 12.1 Å². The minimum atomic E-state index is -0.0184. The summed E-state index contributed by atoms with van der Waals surface area (Å²) in [4.78, 5) is 14.2. The van der Waals surface area contributed by atoms with Gasteiger partial charge in [-0.1, -0.05) is 18.6 Å². The number of nitrogens with one attached hydrogen (secondary N) is 1. The Hall–Kier alpha value is -1.20. The van der Waals surface area contributed by atoms with E-state index in [0.717, 1.165) is 17.9 Å². The van der Waals surface area contributed by atoms with Gasteiger partial charge in [-0.15, -0.1) is 0 Å². The number of amides is 1. The smallest absolute Gasteiger partial charge is 0.238 e. The van der Waals surface area contributed by atoms with Gasteiger partial charge in [-0.05, 0) is 36.3 Å². The molecule has 2 fully saturated rings. The molecule has 5 heteroatoms. The lowest BCUT2D eigenvalue weighted by Crippen LogP contribution is -2.36. The zero-order valence-electron chi connectivity index (χ0n) is 12.4. The molecule has 0 aliphatic carbocycles. The molecule has 0 spiro atoms. The first kappa shape index (κ1) is 14.7. The number of carbonyl (C=O) groups excluding carboxylic acids is 1. The minimum absolute atomic E-state index is 0.0184. The van der Waals surface area contributed by atoms with E-state index in [1.54, 1.807) is 7.11 Å². The highest BCUT2D eigenvalue weighted by molar-refractivity contribution is 7.99. The number of thioether (sulfide) groups is 1.